The number of likely N-dealkylation sites (tertiary alicyclic amines) is 1. The molecule has 100 valence electrons. The fourth-order valence-electron chi connectivity index (χ4n) is 2.78. The van der Waals surface area contributed by atoms with E-state index in [0.29, 0.717) is 12.2 Å². The minimum atomic E-state index is -0.0781. The first-order valence-electron chi connectivity index (χ1n) is 6.65. The predicted octanol–water partition coefficient (Wildman–Crippen LogP) is 1.12. The molecule has 5 nitrogen and oxygen atoms in total. The summed E-state index contributed by atoms with van der Waals surface area (Å²) in [4.78, 5) is 14.1. The second-order valence-electron chi connectivity index (χ2n) is 5.43. The van der Waals surface area contributed by atoms with E-state index in [9.17, 15) is 4.79 Å². The standard InChI is InChI=1S/C13H22N4O/c1-10-7-11(2)9-17(8-10)6-5-14-13(18)12-3-4-15-16-12/h3-4,10-11H,5-9H2,1-2H3,(H,14,18)(H,15,16)/t10-,11-/m0/s1. The Hall–Kier alpha value is -1.36. The molecule has 0 saturated carbocycles. The average Bonchev–Trinajstić information content (AvgIpc) is 2.80. The van der Waals surface area contributed by atoms with Gasteiger partial charge in [0.15, 0.2) is 0 Å². The molecule has 5 heteroatoms. The highest BCUT2D eigenvalue weighted by Gasteiger charge is 2.21. The van der Waals surface area contributed by atoms with Crippen LogP contribution in [-0.2, 0) is 0 Å². The van der Waals surface area contributed by atoms with Crippen LogP contribution in [0.4, 0.5) is 0 Å². The van der Waals surface area contributed by atoms with Gasteiger partial charge >= 0.3 is 0 Å². The Kier molecular flexibility index (Phi) is 4.36. The van der Waals surface area contributed by atoms with E-state index in [4.69, 9.17) is 0 Å². The third-order valence-electron chi connectivity index (χ3n) is 3.40. The van der Waals surface area contributed by atoms with Crippen molar-refractivity contribution in [3.63, 3.8) is 0 Å². The molecule has 1 fully saturated rings. The highest BCUT2D eigenvalue weighted by molar-refractivity contribution is 5.92. The van der Waals surface area contributed by atoms with Crippen molar-refractivity contribution in [2.45, 2.75) is 20.3 Å². The topological polar surface area (TPSA) is 61.0 Å². The van der Waals surface area contributed by atoms with E-state index in [0.717, 1.165) is 31.5 Å². The normalized spacial score (nSPS) is 25.0. The summed E-state index contributed by atoms with van der Waals surface area (Å²) < 4.78 is 0. The van der Waals surface area contributed by atoms with Crippen molar-refractivity contribution >= 4 is 5.91 Å². The number of hydrogen-bond donors (Lipinski definition) is 2. The number of aromatic amines is 1. The first-order valence-corrected chi connectivity index (χ1v) is 6.65. The summed E-state index contributed by atoms with van der Waals surface area (Å²) in [6.45, 7) is 8.50. The summed E-state index contributed by atoms with van der Waals surface area (Å²) in [5, 5.41) is 9.34. The van der Waals surface area contributed by atoms with Crippen LogP contribution in [0.1, 0.15) is 30.8 Å². The summed E-state index contributed by atoms with van der Waals surface area (Å²) in [6.07, 6.45) is 2.90. The second kappa shape index (κ2) is 6.00. The molecule has 0 radical (unpaired) electrons. The molecule has 1 aromatic rings. The Bertz CT molecular complexity index is 366. The van der Waals surface area contributed by atoms with E-state index in [1.54, 1.807) is 12.3 Å². The van der Waals surface area contributed by atoms with E-state index in [-0.39, 0.29) is 5.91 Å². The van der Waals surface area contributed by atoms with Gasteiger partial charge in [0.1, 0.15) is 5.69 Å². The Balaban J connectivity index is 1.70. The summed E-state index contributed by atoms with van der Waals surface area (Å²) in [7, 11) is 0. The number of nitrogens with one attached hydrogen (secondary N) is 2. The van der Waals surface area contributed by atoms with Crippen molar-refractivity contribution < 1.29 is 4.79 Å². The monoisotopic (exact) mass is 250 g/mol. The van der Waals surface area contributed by atoms with Crippen LogP contribution >= 0.6 is 0 Å². The molecule has 1 saturated heterocycles. The fraction of sp³-hybridized carbons (Fsp3) is 0.692. The second-order valence-corrected chi connectivity index (χ2v) is 5.43. The maximum absolute atomic E-state index is 11.7. The van der Waals surface area contributed by atoms with Gasteiger partial charge in [-0.25, -0.2) is 0 Å². The predicted molar refractivity (Wildman–Crippen MR) is 70.3 cm³/mol. The lowest BCUT2D eigenvalue weighted by Crippen LogP contribution is -2.42. The van der Waals surface area contributed by atoms with Gasteiger partial charge in [0.2, 0.25) is 0 Å². The molecule has 0 bridgehead atoms. The lowest BCUT2D eigenvalue weighted by Gasteiger charge is -2.34. The molecule has 18 heavy (non-hydrogen) atoms. The Morgan fingerprint density at radius 2 is 2.22 bits per heavy atom. The SMILES string of the molecule is C[C@H]1C[C@H](C)CN(CCNC(=O)c2ccn[nH]2)C1. The van der Waals surface area contributed by atoms with Gasteiger partial charge in [-0.05, 0) is 24.3 Å². The Morgan fingerprint density at radius 3 is 2.83 bits per heavy atom. The zero-order chi connectivity index (χ0) is 13.0. The quantitative estimate of drug-likeness (QED) is 0.841. The van der Waals surface area contributed by atoms with E-state index in [1.165, 1.54) is 6.42 Å². The summed E-state index contributed by atoms with van der Waals surface area (Å²) in [5.41, 5.74) is 0.524. The average molecular weight is 250 g/mol. The summed E-state index contributed by atoms with van der Waals surface area (Å²) in [5.74, 6) is 1.44. The number of carbonyl (C=O) groups is 1. The molecular weight excluding hydrogens is 228 g/mol. The van der Waals surface area contributed by atoms with Crippen molar-refractivity contribution in [2.75, 3.05) is 26.2 Å². The molecule has 1 aliphatic heterocycles. The zero-order valence-electron chi connectivity index (χ0n) is 11.1. The minimum Gasteiger partial charge on any atom is -0.349 e. The molecule has 2 N–H and O–H groups in total. The zero-order valence-corrected chi connectivity index (χ0v) is 11.1. The number of piperidine rings is 1. The molecule has 1 aliphatic rings. The molecule has 1 amide bonds. The van der Waals surface area contributed by atoms with E-state index in [1.807, 2.05) is 0 Å². The first-order chi connectivity index (χ1) is 8.65. The smallest absolute Gasteiger partial charge is 0.269 e. The van der Waals surface area contributed by atoms with Crippen LogP contribution in [0.5, 0.6) is 0 Å². The van der Waals surface area contributed by atoms with Gasteiger partial charge in [0.05, 0.1) is 0 Å². The van der Waals surface area contributed by atoms with Crippen LogP contribution < -0.4 is 5.32 Å². The fourth-order valence-corrected chi connectivity index (χ4v) is 2.78. The maximum Gasteiger partial charge on any atom is 0.269 e. The first kappa shape index (κ1) is 13.1. The van der Waals surface area contributed by atoms with Crippen LogP contribution in [0.25, 0.3) is 0 Å². The maximum atomic E-state index is 11.7. The van der Waals surface area contributed by atoms with Gasteiger partial charge in [0, 0.05) is 32.4 Å². The van der Waals surface area contributed by atoms with Crippen LogP contribution in [0.3, 0.4) is 0 Å². The summed E-state index contributed by atoms with van der Waals surface area (Å²) >= 11 is 0. The Morgan fingerprint density at radius 1 is 1.50 bits per heavy atom. The number of aromatic nitrogens is 2. The van der Waals surface area contributed by atoms with Gasteiger partial charge in [-0.2, -0.15) is 5.10 Å². The lowest BCUT2D eigenvalue weighted by atomic mass is 9.92. The van der Waals surface area contributed by atoms with Gasteiger partial charge in [-0.15, -0.1) is 0 Å². The number of nitrogens with zero attached hydrogens (tertiary/aromatic N) is 2. The van der Waals surface area contributed by atoms with Crippen LogP contribution in [0.2, 0.25) is 0 Å². The lowest BCUT2D eigenvalue weighted by molar-refractivity contribution is 0.0931. The molecule has 0 aromatic carbocycles. The van der Waals surface area contributed by atoms with E-state index >= 15 is 0 Å². The van der Waals surface area contributed by atoms with E-state index in [2.05, 4.69) is 34.3 Å². The number of amides is 1. The van der Waals surface area contributed by atoms with Crippen LogP contribution in [0, 0.1) is 11.8 Å². The van der Waals surface area contributed by atoms with Gasteiger partial charge in [-0.1, -0.05) is 13.8 Å². The minimum absolute atomic E-state index is 0.0781. The van der Waals surface area contributed by atoms with Crippen molar-refractivity contribution in [2.24, 2.45) is 11.8 Å². The van der Waals surface area contributed by atoms with Gasteiger partial charge < -0.3 is 10.2 Å². The molecular formula is C13H22N4O. The van der Waals surface area contributed by atoms with Gasteiger partial charge in [-0.3, -0.25) is 9.89 Å². The molecule has 0 spiro atoms. The van der Waals surface area contributed by atoms with Crippen molar-refractivity contribution in [3.8, 4) is 0 Å². The molecule has 0 aliphatic carbocycles. The number of carbonyl (C=O) groups excluding carboxylic acids is 1. The van der Waals surface area contributed by atoms with Crippen molar-refractivity contribution in [1.29, 1.82) is 0 Å². The van der Waals surface area contributed by atoms with Crippen LogP contribution in [-0.4, -0.2) is 47.2 Å². The number of H-pyrrole nitrogens is 1. The highest BCUT2D eigenvalue weighted by atomic mass is 16.1. The van der Waals surface area contributed by atoms with E-state index < -0.39 is 0 Å². The van der Waals surface area contributed by atoms with Crippen molar-refractivity contribution in [1.82, 2.24) is 20.4 Å². The Labute approximate surface area is 108 Å². The number of hydrogen-bond acceptors (Lipinski definition) is 3. The highest BCUT2D eigenvalue weighted by Crippen LogP contribution is 2.20. The molecule has 2 atom stereocenters. The van der Waals surface area contributed by atoms with Gasteiger partial charge in [0.25, 0.3) is 5.91 Å². The van der Waals surface area contributed by atoms with Crippen LogP contribution in [0.15, 0.2) is 12.3 Å². The summed E-state index contributed by atoms with van der Waals surface area (Å²) in [6, 6.07) is 1.68. The third-order valence-corrected chi connectivity index (χ3v) is 3.40. The number of rotatable bonds is 4. The third kappa shape index (κ3) is 3.57. The molecule has 0 unspecified atom stereocenters. The molecule has 1 aromatic heterocycles. The largest absolute Gasteiger partial charge is 0.349 e. The molecule has 2 heterocycles. The molecule has 2 rings (SSSR count). The van der Waals surface area contributed by atoms with Crippen molar-refractivity contribution in [3.05, 3.63) is 18.0 Å².